The number of rotatable bonds is 5. The first-order chi connectivity index (χ1) is 12.5. The van der Waals surface area contributed by atoms with Gasteiger partial charge in [-0.15, -0.1) is 0 Å². The lowest BCUT2D eigenvalue weighted by Gasteiger charge is -2.29. The molecule has 1 aromatic carbocycles. The van der Waals surface area contributed by atoms with Gasteiger partial charge in [-0.3, -0.25) is 4.79 Å². The van der Waals surface area contributed by atoms with E-state index in [9.17, 15) is 9.90 Å². The van der Waals surface area contributed by atoms with Crippen molar-refractivity contribution < 1.29 is 9.90 Å². The van der Waals surface area contributed by atoms with E-state index < -0.39 is 12.0 Å². The van der Waals surface area contributed by atoms with Gasteiger partial charge in [0.25, 0.3) is 5.91 Å². The summed E-state index contributed by atoms with van der Waals surface area (Å²) in [7, 11) is 0. The minimum Gasteiger partial charge on any atom is -0.382 e. The van der Waals surface area contributed by atoms with Crippen molar-refractivity contribution in [2.75, 3.05) is 5.32 Å². The molecule has 1 heterocycles. The van der Waals surface area contributed by atoms with Crippen LogP contribution in [0.25, 0.3) is 0 Å². The van der Waals surface area contributed by atoms with Crippen LogP contribution in [0.15, 0.2) is 30.5 Å². The van der Waals surface area contributed by atoms with E-state index in [1.165, 1.54) is 6.20 Å². The van der Waals surface area contributed by atoms with E-state index in [1.54, 1.807) is 6.07 Å². The van der Waals surface area contributed by atoms with Crippen LogP contribution in [-0.2, 0) is 0 Å². The summed E-state index contributed by atoms with van der Waals surface area (Å²) in [4.78, 5) is 20.4. The van der Waals surface area contributed by atoms with Crippen molar-refractivity contribution in [3.8, 4) is 0 Å². The van der Waals surface area contributed by atoms with Crippen LogP contribution in [0.4, 0.5) is 5.95 Å². The van der Waals surface area contributed by atoms with Gasteiger partial charge in [0, 0.05) is 18.3 Å². The van der Waals surface area contributed by atoms with Crippen molar-refractivity contribution in [2.45, 2.75) is 50.8 Å². The molecule has 1 saturated carbocycles. The van der Waals surface area contributed by atoms with E-state index in [-0.39, 0.29) is 23.3 Å². The number of carbonyl (C=O) groups is 1. The Kier molecular flexibility index (Phi) is 5.49. The summed E-state index contributed by atoms with van der Waals surface area (Å²) in [5.41, 5.74) is 13.6. The normalized spacial score (nSPS) is 21.2. The highest BCUT2D eigenvalue weighted by Crippen LogP contribution is 2.26. The van der Waals surface area contributed by atoms with Crippen molar-refractivity contribution >= 4 is 11.9 Å². The molecule has 1 aromatic heterocycles. The molecule has 7 nitrogen and oxygen atoms in total. The number of amides is 1. The van der Waals surface area contributed by atoms with Crippen LogP contribution < -0.4 is 16.8 Å². The summed E-state index contributed by atoms with van der Waals surface area (Å²) < 4.78 is 0. The zero-order chi connectivity index (χ0) is 18.7. The summed E-state index contributed by atoms with van der Waals surface area (Å²) >= 11 is 0. The molecule has 0 saturated heterocycles. The lowest BCUT2D eigenvalue weighted by atomic mass is 9.91. The fraction of sp³-hybridized carbons (Fsp3) is 0.421. The topological polar surface area (TPSA) is 127 Å². The first kappa shape index (κ1) is 18.3. The van der Waals surface area contributed by atoms with Crippen LogP contribution in [0.5, 0.6) is 0 Å². The summed E-state index contributed by atoms with van der Waals surface area (Å²) in [5.74, 6) is -0.327. The quantitative estimate of drug-likeness (QED) is 0.646. The van der Waals surface area contributed by atoms with Gasteiger partial charge in [-0.05, 0) is 25.3 Å². The minimum absolute atomic E-state index is 0.0355. The number of primary amides is 1. The van der Waals surface area contributed by atoms with Crippen LogP contribution in [0.2, 0.25) is 0 Å². The van der Waals surface area contributed by atoms with Gasteiger partial charge in [-0.2, -0.15) is 0 Å². The van der Waals surface area contributed by atoms with E-state index in [2.05, 4.69) is 15.3 Å². The molecule has 1 aliphatic rings. The Balaban J connectivity index is 1.92. The molecule has 26 heavy (non-hydrogen) atoms. The maximum Gasteiger partial charge on any atom is 0.252 e. The highest BCUT2D eigenvalue weighted by molar-refractivity contribution is 5.94. The van der Waals surface area contributed by atoms with Crippen LogP contribution in [-0.4, -0.2) is 33.1 Å². The SMILES string of the molecule is Cc1cccc(C(O)c2nc(NC3CCCCC3N)ncc2C(N)=O)c1. The molecule has 7 heteroatoms. The zero-order valence-corrected chi connectivity index (χ0v) is 14.9. The minimum atomic E-state index is -1.07. The second kappa shape index (κ2) is 7.80. The Hall–Kier alpha value is -2.51. The summed E-state index contributed by atoms with van der Waals surface area (Å²) in [6, 6.07) is 7.53. The molecule has 6 N–H and O–H groups in total. The third-order valence-corrected chi connectivity index (χ3v) is 4.83. The van der Waals surface area contributed by atoms with E-state index in [4.69, 9.17) is 11.5 Å². The van der Waals surface area contributed by atoms with Gasteiger partial charge in [-0.1, -0.05) is 42.7 Å². The van der Waals surface area contributed by atoms with Crippen molar-refractivity contribution in [2.24, 2.45) is 11.5 Å². The van der Waals surface area contributed by atoms with Gasteiger partial charge in [0.2, 0.25) is 5.95 Å². The number of aliphatic hydroxyl groups is 1. The molecule has 3 rings (SSSR count). The highest BCUT2D eigenvalue weighted by Gasteiger charge is 2.25. The second-order valence-electron chi connectivity index (χ2n) is 6.87. The Bertz CT molecular complexity index is 795. The van der Waals surface area contributed by atoms with E-state index in [0.717, 1.165) is 31.2 Å². The van der Waals surface area contributed by atoms with Gasteiger partial charge < -0.3 is 21.9 Å². The van der Waals surface area contributed by atoms with Crippen molar-refractivity contribution in [3.05, 3.63) is 52.8 Å². The molecule has 1 aliphatic carbocycles. The predicted octanol–water partition coefficient (Wildman–Crippen LogP) is 1.65. The molecule has 0 bridgehead atoms. The summed E-state index contributed by atoms with van der Waals surface area (Å²) in [6.07, 6.45) is 4.41. The van der Waals surface area contributed by atoms with E-state index in [0.29, 0.717) is 11.5 Å². The molecule has 2 aromatic rings. The number of nitrogens with one attached hydrogen (secondary N) is 1. The Morgan fingerprint density at radius 1 is 1.35 bits per heavy atom. The van der Waals surface area contributed by atoms with E-state index >= 15 is 0 Å². The molecule has 0 spiro atoms. The number of hydrogen-bond acceptors (Lipinski definition) is 6. The molecule has 3 unspecified atom stereocenters. The third-order valence-electron chi connectivity index (χ3n) is 4.83. The molecule has 138 valence electrons. The van der Waals surface area contributed by atoms with Crippen molar-refractivity contribution in [1.82, 2.24) is 9.97 Å². The lowest BCUT2D eigenvalue weighted by Crippen LogP contribution is -2.43. The molecule has 0 aliphatic heterocycles. The van der Waals surface area contributed by atoms with Gasteiger partial charge in [0.15, 0.2) is 0 Å². The van der Waals surface area contributed by atoms with Crippen LogP contribution in [0.1, 0.15) is 59.0 Å². The lowest BCUT2D eigenvalue weighted by molar-refractivity contribution is 0.0994. The zero-order valence-electron chi connectivity index (χ0n) is 14.9. The fourth-order valence-electron chi connectivity index (χ4n) is 3.37. The van der Waals surface area contributed by atoms with Gasteiger partial charge >= 0.3 is 0 Å². The maximum absolute atomic E-state index is 11.8. The fourth-order valence-corrected chi connectivity index (χ4v) is 3.37. The first-order valence-corrected chi connectivity index (χ1v) is 8.89. The molecular formula is C19H25N5O2. The Morgan fingerprint density at radius 3 is 2.81 bits per heavy atom. The van der Waals surface area contributed by atoms with Crippen molar-refractivity contribution in [1.29, 1.82) is 0 Å². The average Bonchev–Trinajstić information content (AvgIpc) is 2.63. The standard InChI is InChI=1S/C19H25N5O2/c1-11-5-4-6-12(9-11)17(25)16-13(18(21)26)10-22-19(24-16)23-15-8-3-2-7-14(15)20/h4-6,9-10,14-15,17,25H,2-3,7-8,20H2,1H3,(H2,21,26)(H,22,23,24). The number of aryl methyl sites for hydroxylation is 1. The first-order valence-electron chi connectivity index (χ1n) is 8.89. The monoisotopic (exact) mass is 355 g/mol. The number of nitrogens with zero attached hydrogens (tertiary/aromatic N) is 2. The highest BCUT2D eigenvalue weighted by atomic mass is 16.3. The molecule has 3 atom stereocenters. The summed E-state index contributed by atoms with van der Waals surface area (Å²) in [6.45, 7) is 1.93. The van der Waals surface area contributed by atoms with Gasteiger partial charge in [-0.25, -0.2) is 9.97 Å². The number of hydrogen-bond donors (Lipinski definition) is 4. The predicted molar refractivity (Wildman–Crippen MR) is 99.6 cm³/mol. The number of nitrogens with two attached hydrogens (primary N) is 2. The molecule has 0 radical (unpaired) electrons. The smallest absolute Gasteiger partial charge is 0.252 e. The van der Waals surface area contributed by atoms with Crippen LogP contribution in [0.3, 0.4) is 0 Å². The Morgan fingerprint density at radius 2 is 2.12 bits per heavy atom. The number of anilines is 1. The third kappa shape index (κ3) is 4.00. The Labute approximate surface area is 152 Å². The molecule has 1 amide bonds. The summed E-state index contributed by atoms with van der Waals surface area (Å²) in [5, 5.41) is 14.0. The largest absolute Gasteiger partial charge is 0.382 e. The van der Waals surface area contributed by atoms with Gasteiger partial charge in [0.05, 0.1) is 11.3 Å². The van der Waals surface area contributed by atoms with E-state index in [1.807, 2.05) is 25.1 Å². The average molecular weight is 355 g/mol. The van der Waals surface area contributed by atoms with Gasteiger partial charge in [0.1, 0.15) is 6.10 Å². The van der Waals surface area contributed by atoms with Crippen molar-refractivity contribution in [3.63, 3.8) is 0 Å². The number of benzene rings is 1. The number of aromatic nitrogens is 2. The van der Waals surface area contributed by atoms with Crippen LogP contribution >= 0.6 is 0 Å². The second-order valence-corrected chi connectivity index (χ2v) is 6.87. The van der Waals surface area contributed by atoms with Crippen LogP contribution in [0, 0.1) is 6.92 Å². The molecular weight excluding hydrogens is 330 g/mol. The number of aliphatic hydroxyl groups excluding tert-OH is 1. The number of carbonyl (C=O) groups excluding carboxylic acids is 1. The maximum atomic E-state index is 11.8. The molecule has 1 fully saturated rings.